The molecule has 0 amide bonds. The van der Waals surface area contributed by atoms with Gasteiger partial charge < -0.3 is 15.8 Å². The summed E-state index contributed by atoms with van der Waals surface area (Å²) in [6.07, 6.45) is 9.23. The molecule has 0 radical (unpaired) electrons. The summed E-state index contributed by atoms with van der Waals surface area (Å²) in [5.74, 6) is -0.0789. The van der Waals surface area contributed by atoms with Gasteiger partial charge in [0.05, 0.1) is 0 Å². The van der Waals surface area contributed by atoms with Crippen LogP contribution in [0.1, 0.15) is 5.56 Å². The monoisotopic (exact) mass is 256 g/mol. The fourth-order valence-corrected chi connectivity index (χ4v) is 1.64. The fourth-order valence-electron chi connectivity index (χ4n) is 1.64. The molecule has 3 N–H and O–H groups in total. The van der Waals surface area contributed by atoms with Gasteiger partial charge in [-0.25, -0.2) is 4.79 Å². The van der Waals surface area contributed by atoms with Crippen LogP contribution in [0.5, 0.6) is 0 Å². The Morgan fingerprint density at radius 1 is 1.21 bits per heavy atom. The molecule has 0 spiro atoms. The zero-order chi connectivity index (χ0) is 13.5. The van der Waals surface area contributed by atoms with Crippen LogP contribution < -0.4 is 11.1 Å². The minimum absolute atomic E-state index is 0.374. The van der Waals surface area contributed by atoms with Crippen LogP contribution >= 0.6 is 0 Å². The highest BCUT2D eigenvalue weighted by molar-refractivity contribution is 5.77. The van der Waals surface area contributed by atoms with Gasteiger partial charge in [-0.1, -0.05) is 42.5 Å². The second-order valence-corrected chi connectivity index (χ2v) is 4.14. The van der Waals surface area contributed by atoms with E-state index in [-0.39, 0.29) is 0 Å². The van der Waals surface area contributed by atoms with Crippen molar-refractivity contribution in [1.82, 2.24) is 5.32 Å². The van der Waals surface area contributed by atoms with Crippen molar-refractivity contribution in [2.24, 2.45) is 5.73 Å². The van der Waals surface area contributed by atoms with Crippen LogP contribution in [0.25, 0.3) is 0 Å². The van der Waals surface area contributed by atoms with Crippen LogP contribution in [0, 0.1) is 0 Å². The molecule has 0 fully saturated rings. The summed E-state index contributed by atoms with van der Waals surface area (Å²) in [7, 11) is 0. The molecule has 0 saturated heterocycles. The summed E-state index contributed by atoms with van der Waals surface area (Å²) in [5, 5.41) is 2.85. The van der Waals surface area contributed by atoms with Gasteiger partial charge in [-0.3, -0.25) is 0 Å². The van der Waals surface area contributed by atoms with Crippen molar-refractivity contribution in [3.8, 4) is 0 Å². The van der Waals surface area contributed by atoms with Crippen molar-refractivity contribution in [3.63, 3.8) is 0 Å². The number of esters is 1. The van der Waals surface area contributed by atoms with E-state index in [4.69, 9.17) is 10.5 Å². The highest BCUT2D eigenvalue weighted by Crippen LogP contribution is 2.05. The van der Waals surface area contributed by atoms with Gasteiger partial charge in [0.25, 0.3) is 0 Å². The van der Waals surface area contributed by atoms with Crippen LogP contribution in [-0.2, 0) is 16.0 Å². The van der Waals surface area contributed by atoms with E-state index in [9.17, 15) is 4.79 Å². The average molecular weight is 256 g/mol. The molecular formula is C15H16N2O2. The molecule has 1 atom stereocenters. The Morgan fingerprint density at radius 2 is 2.00 bits per heavy atom. The first-order valence-electron chi connectivity index (χ1n) is 6.07. The number of benzene rings is 1. The molecule has 0 saturated carbocycles. The first kappa shape index (κ1) is 13.1. The Bertz CT molecular complexity index is 518. The van der Waals surface area contributed by atoms with Crippen molar-refractivity contribution in [2.75, 3.05) is 0 Å². The van der Waals surface area contributed by atoms with Crippen LogP contribution in [0.2, 0.25) is 0 Å². The van der Waals surface area contributed by atoms with E-state index in [1.165, 1.54) is 0 Å². The van der Waals surface area contributed by atoms with Gasteiger partial charge in [0.2, 0.25) is 5.88 Å². The minimum Gasteiger partial charge on any atom is -0.408 e. The van der Waals surface area contributed by atoms with Gasteiger partial charge in [0.15, 0.2) is 0 Å². The summed E-state index contributed by atoms with van der Waals surface area (Å²) in [6, 6.07) is 8.94. The fraction of sp³-hybridized carbons (Fsp3) is 0.133. The highest BCUT2D eigenvalue weighted by Gasteiger charge is 2.17. The van der Waals surface area contributed by atoms with E-state index >= 15 is 0 Å². The number of carbonyl (C=O) groups is 1. The van der Waals surface area contributed by atoms with E-state index in [0.717, 1.165) is 5.56 Å². The minimum atomic E-state index is -0.679. The van der Waals surface area contributed by atoms with Crippen LogP contribution in [0.4, 0.5) is 0 Å². The summed E-state index contributed by atoms with van der Waals surface area (Å²) >= 11 is 0. The quantitative estimate of drug-likeness (QED) is 0.803. The van der Waals surface area contributed by atoms with E-state index in [1.807, 2.05) is 36.4 Å². The number of nitrogens with two attached hydrogens (primary N) is 1. The van der Waals surface area contributed by atoms with Gasteiger partial charge in [0.1, 0.15) is 6.04 Å². The molecule has 0 aromatic heterocycles. The molecule has 4 heteroatoms. The molecule has 98 valence electrons. The number of rotatable bonds is 4. The average Bonchev–Trinajstić information content (AvgIpc) is 2.68. The molecule has 1 aromatic carbocycles. The summed E-state index contributed by atoms with van der Waals surface area (Å²) in [6.45, 7) is 0. The van der Waals surface area contributed by atoms with Crippen LogP contribution in [-0.4, -0.2) is 12.0 Å². The Kier molecular flexibility index (Phi) is 4.53. The smallest absolute Gasteiger partial charge is 0.329 e. The summed E-state index contributed by atoms with van der Waals surface area (Å²) < 4.78 is 5.19. The number of allylic oxidation sites excluding steroid dienone is 4. The SMILES string of the molecule is N[C@@H](Cc1ccccc1)C(=O)OC1=CC=CC=CN1. The Morgan fingerprint density at radius 3 is 2.79 bits per heavy atom. The largest absolute Gasteiger partial charge is 0.408 e. The zero-order valence-electron chi connectivity index (χ0n) is 10.5. The maximum absolute atomic E-state index is 11.9. The summed E-state index contributed by atoms with van der Waals surface area (Å²) in [5.41, 5.74) is 6.85. The standard InChI is InChI=1S/C15H16N2O2/c16-13(11-12-7-3-1-4-8-12)15(18)19-14-9-5-2-6-10-17-14/h1-10,13,17H,11,16H2/t13-/m0/s1. The van der Waals surface area contributed by atoms with Crippen molar-refractivity contribution in [2.45, 2.75) is 12.5 Å². The van der Waals surface area contributed by atoms with Crippen molar-refractivity contribution >= 4 is 5.97 Å². The second kappa shape index (κ2) is 6.56. The van der Waals surface area contributed by atoms with E-state index in [0.29, 0.717) is 12.3 Å². The predicted octanol–water partition coefficient (Wildman–Crippen LogP) is 1.61. The molecule has 0 unspecified atom stereocenters. The lowest BCUT2D eigenvalue weighted by Crippen LogP contribution is -2.35. The third-order valence-corrected chi connectivity index (χ3v) is 2.60. The van der Waals surface area contributed by atoms with Crippen LogP contribution in [0.15, 0.2) is 66.7 Å². The first-order chi connectivity index (χ1) is 9.25. The Balaban J connectivity index is 1.91. The van der Waals surface area contributed by atoms with E-state index in [2.05, 4.69) is 5.32 Å². The molecule has 1 heterocycles. The van der Waals surface area contributed by atoms with Gasteiger partial charge in [-0.15, -0.1) is 0 Å². The second-order valence-electron chi connectivity index (χ2n) is 4.14. The predicted molar refractivity (Wildman–Crippen MR) is 73.7 cm³/mol. The third-order valence-electron chi connectivity index (χ3n) is 2.60. The van der Waals surface area contributed by atoms with Crippen molar-refractivity contribution in [1.29, 1.82) is 0 Å². The first-order valence-corrected chi connectivity index (χ1v) is 6.07. The molecule has 1 aliphatic heterocycles. The lowest BCUT2D eigenvalue weighted by Gasteiger charge is -2.12. The van der Waals surface area contributed by atoms with Crippen molar-refractivity contribution in [3.05, 3.63) is 72.3 Å². The lowest BCUT2D eigenvalue weighted by atomic mass is 10.1. The normalized spacial score (nSPS) is 15.1. The van der Waals surface area contributed by atoms with Crippen LogP contribution in [0.3, 0.4) is 0 Å². The molecule has 0 bridgehead atoms. The number of nitrogens with one attached hydrogen (secondary N) is 1. The van der Waals surface area contributed by atoms with Gasteiger partial charge in [0, 0.05) is 6.20 Å². The van der Waals surface area contributed by atoms with Gasteiger partial charge in [-0.2, -0.15) is 0 Å². The molecule has 2 rings (SSSR count). The molecule has 4 nitrogen and oxygen atoms in total. The molecule has 1 aliphatic rings. The maximum atomic E-state index is 11.9. The highest BCUT2D eigenvalue weighted by atomic mass is 16.5. The van der Waals surface area contributed by atoms with E-state index in [1.54, 1.807) is 24.4 Å². The number of hydrogen-bond donors (Lipinski definition) is 2. The Hall–Kier alpha value is -2.33. The number of hydrogen-bond acceptors (Lipinski definition) is 4. The van der Waals surface area contributed by atoms with E-state index < -0.39 is 12.0 Å². The maximum Gasteiger partial charge on any atom is 0.329 e. The topological polar surface area (TPSA) is 64.4 Å². The van der Waals surface area contributed by atoms with Crippen molar-refractivity contribution < 1.29 is 9.53 Å². The molecule has 19 heavy (non-hydrogen) atoms. The zero-order valence-corrected chi connectivity index (χ0v) is 10.5. The van der Waals surface area contributed by atoms with Gasteiger partial charge in [-0.05, 0) is 24.1 Å². The van der Waals surface area contributed by atoms with Gasteiger partial charge >= 0.3 is 5.97 Å². The molecule has 1 aromatic rings. The molecule has 0 aliphatic carbocycles. The Labute approximate surface area is 112 Å². The molecular weight excluding hydrogens is 240 g/mol. The summed E-state index contributed by atoms with van der Waals surface area (Å²) in [4.78, 5) is 11.9. The number of carbonyl (C=O) groups excluding carboxylic acids is 1. The lowest BCUT2D eigenvalue weighted by molar-refractivity contribution is -0.141. The third kappa shape index (κ3) is 4.12. The number of ether oxygens (including phenoxy) is 1.